The molecule has 3 heterocycles. The average Bonchev–Trinajstić information content (AvgIpc) is 3.64. The molecule has 3 aromatic rings. The highest BCUT2D eigenvalue weighted by Crippen LogP contribution is 2.46. The first-order valence-corrected chi connectivity index (χ1v) is 14.7. The van der Waals surface area contributed by atoms with Gasteiger partial charge in [-0.3, -0.25) is 0 Å². The number of rotatable bonds is 8. The number of nitrogens with one attached hydrogen (secondary N) is 2. The third kappa shape index (κ3) is 5.45. The van der Waals surface area contributed by atoms with Gasteiger partial charge in [0.05, 0.1) is 22.2 Å². The Kier molecular flexibility index (Phi) is 7.75. The van der Waals surface area contributed by atoms with Crippen molar-refractivity contribution in [1.29, 1.82) is 0 Å². The summed E-state index contributed by atoms with van der Waals surface area (Å²) in [5.41, 5.74) is 3.43. The molecule has 0 spiro atoms. The Morgan fingerprint density at radius 2 is 1.75 bits per heavy atom. The second kappa shape index (κ2) is 11.4. The molecule has 2 amide bonds. The van der Waals surface area contributed by atoms with E-state index in [1.165, 1.54) is 0 Å². The van der Waals surface area contributed by atoms with Crippen LogP contribution < -0.4 is 10.6 Å². The van der Waals surface area contributed by atoms with Gasteiger partial charge in [0.2, 0.25) is 0 Å². The summed E-state index contributed by atoms with van der Waals surface area (Å²) in [6.45, 7) is 2.67. The predicted octanol–water partition coefficient (Wildman–Crippen LogP) is 7.02. The first-order chi connectivity index (χ1) is 19.4. The molecule has 2 saturated heterocycles. The van der Waals surface area contributed by atoms with Crippen LogP contribution in [0.25, 0.3) is 11.3 Å². The summed E-state index contributed by atoms with van der Waals surface area (Å²) >= 11 is 13.0. The van der Waals surface area contributed by atoms with E-state index in [0.29, 0.717) is 51.6 Å². The maximum atomic E-state index is 13.3. The van der Waals surface area contributed by atoms with Crippen LogP contribution in [0.15, 0.2) is 47.0 Å². The van der Waals surface area contributed by atoms with Crippen LogP contribution in [0.3, 0.4) is 0 Å². The molecule has 1 saturated carbocycles. The number of amides is 2. The van der Waals surface area contributed by atoms with Crippen molar-refractivity contribution in [1.82, 2.24) is 15.4 Å². The number of piperidine rings is 1. The van der Waals surface area contributed by atoms with E-state index in [4.69, 9.17) is 32.5 Å². The molecule has 10 heteroatoms. The van der Waals surface area contributed by atoms with Gasteiger partial charge in [-0.15, -0.1) is 0 Å². The number of benzene rings is 2. The topological polar surface area (TPSA) is 96.7 Å². The molecular weight excluding hydrogens is 551 g/mol. The van der Waals surface area contributed by atoms with Crippen LogP contribution in [0.2, 0.25) is 10.0 Å². The van der Waals surface area contributed by atoms with E-state index in [1.807, 2.05) is 23.1 Å². The Labute approximate surface area is 243 Å². The number of anilines is 1. The van der Waals surface area contributed by atoms with Crippen LogP contribution in [0.5, 0.6) is 0 Å². The zero-order valence-electron chi connectivity index (χ0n) is 22.3. The molecular formula is C30H32Cl2N4O4. The number of nitrogens with zero attached hydrogens (tertiary/aromatic N) is 2. The highest BCUT2D eigenvalue weighted by Gasteiger charge is 2.43. The van der Waals surface area contributed by atoms with Crippen LogP contribution in [0.4, 0.5) is 10.5 Å². The molecule has 3 aliphatic rings. The Morgan fingerprint density at radius 3 is 2.42 bits per heavy atom. The number of carbonyl (C=O) groups excluding carboxylic acids is 2. The molecule has 2 N–H and O–H groups in total. The largest absolute Gasteiger partial charge is 0.462 e. The first-order valence-electron chi connectivity index (χ1n) is 14.0. The van der Waals surface area contributed by atoms with Crippen molar-refractivity contribution in [2.45, 2.75) is 76.0 Å². The smallest absolute Gasteiger partial charge is 0.338 e. The molecule has 1 aromatic heterocycles. The van der Waals surface area contributed by atoms with Gasteiger partial charge < -0.3 is 24.8 Å². The van der Waals surface area contributed by atoms with E-state index >= 15 is 0 Å². The Balaban J connectivity index is 1.12. The van der Waals surface area contributed by atoms with Gasteiger partial charge in [-0.1, -0.05) is 40.5 Å². The summed E-state index contributed by atoms with van der Waals surface area (Å²) in [7, 11) is 0. The Hall–Kier alpha value is -3.07. The van der Waals surface area contributed by atoms with Crippen LogP contribution >= 0.6 is 23.2 Å². The molecule has 2 bridgehead atoms. The summed E-state index contributed by atoms with van der Waals surface area (Å²) in [4.78, 5) is 27.4. The number of aromatic nitrogens is 1. The zero-order valence-corrected chi connectivity index (χ0v) is 23.8. The van der Waals surface area contributed by atoms with Crippen LogP contribution in [0, 0.1) is 0 Å². The lowest BCUT2D eigenvalue weighted by Gasteiger charge is -2.39. The fourth-order valence-corrected chi connectivity index (χ4v) is 6.70. The van der Waals surface area contributed by atoms with Gasteiger partial charge in [0.15, 0.2) is 0 Å². The second-order valence-electron chi connectivity index (χ2n) is 10.8. The van der Waals surface area contributed by atoms with Crippen molar-refractivity contribution in [3.63, 3.8) is 0 Å². The number of fused-ring (bicyclic) bond motifs is 2. The van der Waals surface area contributed by atoms with Crippen molar-refractivity contribution in [3.8, 4) is 11.3 Å². The highest BCUT2D eigenvalue weighted by atomic mass is 35.5. The standard InChI is InChI=1S/C30H32Cl2N4O4/c1-2-39-29(37)18-5-3-6-19(13-18)34-30(38)36-21-11-12-22(36)15-20(14-21)33-16-23-27(35-40-28(23)17-9-10-17)26-24(31)7-4-8-25(26)32/h3-8,13,17,20-22,33H,2,9-12,14-16H2,1H3,(H,34,38). The maximum Gasteiger partial charge on any atom is 0.338 e. The third-order valence-corrected chi connectivity index (χ3v) is 8.76. The predicted molar refractivity (Wildman–Crippen MR) is 154 cm³/mol. The summed E-state index contributed by atoms with van der Waals surface area (Å²) in [5, 5.41) is 12.2. The molecule has 210 valence electrons. The van der Waals surface area contributed by atoms with Gasteiger partial charge in [0.1, 0.15) is 11.5 Å². The van der Waals surface area contributed by atoms with Crippen LogP contribution in [-0.2, 0) is 11.3 Å². The van der Waals surface area contributed by atoms with Crippen LogP contribution in [0.1, 0.15) is 73.0 Å². The lowest BCUT2D eigenvalue weighted by molar-refractivity contribution is 0.0526. The fourth-order valence-electron chi connectivity index (χ4n) is 6.13. The summed E-state index contributed by atoms with van der Waals surface area (Å²) in [5.74, 6) is 0.912. The fraction of sp³-hybridized carbons (Fsp3) is 0.433. The number of halogens is 2. The van der Waals surface area contributed by atoms with Gasteiger partial charge in [-0.25, -0.2) is 9.59 Å². The molecule has 2 atom stereocenters. The van der Waals surface area contributed by atoms with E-state index in [9.17, 15) is 9.59 Å². The number of ether oxygens (including phenoxy) is 1. The number of hydrogen-bond acceptors (Lipinski definition) is 6. The monoisotopic (exact) mass is 582 g/mol. The van der Waals surface area contributed by atoms with E-state index in [-0.39, 0.29) is 24.2 Å². The minimum absolute atomic E-state index is 0.127. The average molecular weight is 584 g/mol. The number of carbonyl (C=O) groups is 2. The van der Waals surface area contributed by atoms with Gasteiger partial charge in [0.25, 0.3) is 0 Å². The molecule has 2 aromatic carbocycles. The van der Waals surface area contributed by atoms with Crippen molar-refractivity contribution in [3.05, 3.63) is 69.4 Å². The molecule has 2 aliphatic heterocycles. The summed E-state index contributed by atoms with van der Waals surface area (Å²) in [6, 6.07) is 12.8. The molecule has 6 rings (SSSR count). The number of urea groups is 1. The van der Waals surface area contributed by atoms with Crippen LogP contribution in [-0.4, -0.2) is 46.8 Å². The summed E-state index contributed by atoms with van der Waals surface area (Å²) < 4.78 is 10.9. The Morgan fingerprint density at radius 1 is 1.05 bits per heavy atom. The first kappa shape index (κ1) is 27.1. The minimum atomic E-state index is -0.400. The summed E-state index contributed by atoms with van der Waals surface area (Å²) in [6.07, 6.45) is 5.86. The molecule has 0 radical (unpaired) electrons. The van der Waals surface area contributed by atoms with Gasteiger partial charge in [-0.05, 0) is 75.8 Å². The molecule has 2 unspecified atom stereocenters. The lowest BCUT2D eigenvalue weighted by Crippen LogP contribution is -2.52. The van der Waals surface area contributed by atoms with Crippen molar-refractivity contribution in [2.75, 3.05) is 11.9 Å². The molecule has 3 fully saturated rings. The van der Waals surface area contributed by atoms with Gasteiger partial charge >= 0.3 is 12.0 Å². The SMILES string of the molecule is CCOC(=O)c1cccc(NC(=O)N2C3CCC2CC(NCc2c(-c4c(Cl)cccc4Cl)noc2C2CC2)C3)c1. The van der Waals surface area contributed by atoms with E-state index in [0.717, 1.165) is 49.8 Å². The van der Waals surface area contributed by atoms with E-state index < -0.39 is 5.97 Å². The van der Waals surface area contributed by atoms with Crippen molar-refractivity contribution < 1.29 is 18.8 Å². The molecule has 40 heavy (non-hydrogen) atoms. The van der Waals surface area contributed by atoms with Crippen molar-refractivity contribution in [2.24, 2.45) is 0 Å². The highest BCUT2D eigenvalue weighted by molar-refractivity contribution is 6.39. The third-order valence-electron chi connectivity index (χ3n) is 8.13. The normalized spacial score (nSPS) is 21.9. The van der Waals surface area contributed by atoms with Gasteiger partial charge in [-0.2, -0.15) is 0 Å². The minimum Gasteiger partial charge on any atom is -0.462 e. The van der Waals surface area contributed by atoms with Crippen molar-refractivity contribution >= 4 is 40.9 Å². The molecule has 8 nitrogen and oxygen atoms in total. The Bertz CT molecular complexity index is 1390. The maximum absolute atomic E-state index is 13.3. The number of esters is 1. The number of hydrogen-bond donors (Lipinski definition) is 2. The zero-order chi connectivity index (χ0) is 27.8. The lowest BCUT2D eigenvalue weighted by atomic mass is 9.96. The van der Waals surface area contributed by atoms with E-state index in [2.05, 4.69) is 15.8 Å². The molecule has 1 aliphatic carbocycles. The second-order valence-corrected chi connectivity index (χ2v) is 11.6. The van der Waals surface area contributed by atoms with Gasteiger partial charge in [0, 0.05) is 47.4 Å². The quantitative estimate of drug-likeness (QED) is 0.277. The van der Waals surface area contributed by atoms with E-state index in [1.54, 1.807) is 31.2 Å².